The van der Waals surface area contributed by atoms with Crippen LogP contribution in [0.3, 0.4) is 0 Å². The molecule has 0 saturated carbocycles. The largest absolute Gasteiger partial charge is 0.497 e. The third-order valence-electron chi connectivity index (χ3n) is 4.84. The highest BCUT2D eigenvalue weighted by Gasteiger charge is 2.28. The van der Waals surface area contributed by atoms with Crippen molar-refractivity contribution in [1.29, 1.82) is 0 Å². The number of amides is 1. The molecule has 1 N–H and O–H groups in total. The standard InChI is InChI=1S/C23H23N3O6S/c1-32-21-12-10-18(11-13-21)14-15-24-23(27)17-25(19-6-5-7-20(16-19)26(28)29)33(30,31)22-8-3-2-4-9-22/h2-13,16H,14-15,17H2,1H3,(H,24,27). The van der Waals surface area contributed by atoms with Gasteiger partial charge < -0.3 is 10.1 Å². The van der Waals surface area contributed by atoms with Crippen molar-refractivity contribution in [3.05, 3.63) is 94.5 Å². The van der Waals surface area contributed by atoms with Crippen LogP contribution in [0.15, 0.2) is 83.8 Å². The number of nitrogens with zero attached hydrogens (tertiary/aromatic N) is 2. The first-order chi connectivity index (χ1) is 15.8. The second kappa shape index (κ2) is 10.6. The first kappa shape index (κ1) is 23.7. The van der Waals surface area contributed by atoms with E-state index in [9.17, 15) is 23.3 Å². The fourth-order valence-electron chi connectivity index (χ4n) is 3.12. The number of benzene rings is 3. The molecule has 0 heterocycles. The Morgan fingerprint density at radius 3 is 2.36 bits per heavy atom. The minimum atomic E-state index is -4.14. The Hall–Kier alpha value is -3.92. The molecule has 0 radical (unpaired) electrons. The summed E-state index contributed by atoms with van der Waals surface area (Å²) in [5, 5.41) is 13.9. The molecule has 0 bridgehead atoms. The van der Waals surface area contributed by atoms with Gasteiger partial charge in [-0.1, -0.05) is 36.4 Å². The lowest BCUT2D eigenvalue weighted by Gasteiger charge is -2.24. The third kappa shape index (κ3) is 6.07. The minimum Gasteiger partial charge on any atom is -0.497 e. The smallest absolute Gasteiger partial charge is 0.271 e. The summed E-state index contributed by atoms with van der Waals surface area (Å²) in [4.78, 5) is 23.2. The van der Waals surface area contributed by atoms with Crippen LogP contribution in [-0.4, -0.2) is 39.4 Å². The second-order valence-corrected chi connectivity index (χ2v) is 8.91. The average molecular weight is 470 g/mol. The number of nitro groups is 1. The molecule has 10 heteroatoms. The first-order valence-electron chi connectivity index (χ1n) is 10.0. The van der Waals surface area contributed by atoms with Crippen LogP contribution in [0.2, 0.25) is 0 Å². The fourth-order valence-corrected chi connectivity index (χ4v) is 4.56. The molecule has 0 unspecified atom stereocenters. The highest BCUT2D eigenvalue weighted by atomic mass is 32.2. The van der Waals surface area contributed by atoms with Crippen LogP contribution in [0.25, 0.3) is 0 Å². The number of rotatable bonds is 10. The van der Waals surface area contributed by atoms with Crippen molar-refractivity contribution in [3.63, 3.8) is 0 Å². The molecule has 0 aromatic heterocycles. The lowest BCUT2D eigenvalue weighted by molar-refractivity contribution is -0.384. The van der Waals surface area contributed by atoms with Gasteiger partial charge in [-0.3, -0.25) is 19.2 Å². The number of nitrogens with one attached hydrogen (secondary N) is 1. The number of carbonyl (C=O) groups is 1. The molecule has 0 aliphatic carbocycles. The maximum atomic E-state index is 13.3. The summed E-state index contributed by atoms with van der Waals surface area (Å²) in [7, 11) is -2.57. The number of ether oxygens (including phenoxy) is 1. The normalized spacial score (nSPS) is 10.9. The van der Waals surface area contributed by atoms with Crippen molar-refractivity contribution in [1.82, 2.24) is 5.32 Å². The summed E-state index contributed by atoms with van der Waals surface area (Å²) in [6, 6.07) is 20.2. The summed E-state index contributed by atoms with van der Waals surface area (Å²) in [6.07, 6.45) is 0.540. The van der Waals surface area contributed by atoms with E-state index in [-0.39, 0.29) is 16.3 Å². The van der Waals surface area contributed by atoms with Gasteiger partial charge in [0.15, 0.2) is 0 Å². The third-order valence-corrected chi connectivity index (χ3v) is 6.63. The van der Waals surface area contributed by atoms with Crippen LogP contribution in [-0.2, 0) is 21.2 Å². The van der Waals surface area contributed by atoms with E-state index >= 15 is 0 Å². The van der Waals surface area contributed by atoms with Crippen LogP contribution in [0.1, 0.15) is 5.56 Å². The molecule has 3 aromatic rings. The molecule has 0 saturated heterocycles. The Bertz CT molecular complexity index is 1210. The van der Waals surface area contributed by atoms with E-state index in [1.165, 1.54) is 30.3 Å². The minimum absolute atomic E-state index is 0.0254. The fraction of sp³-hybridized carbons (Fsp3) is 0.174. The summed E-state index contributed by atoms with van der Waals surface area (Å²) in [6.45, 7) is -0.236. The maximum absolute atomic E-state index is 13.3. The van der Waals surface area contributed by atoms with Gasteiger partial charge in [-0.25, -0.2) is 8.42 Å². The van der Waals surface area contributed by atoms with Crippen molar-refractivity contribution < 1.29 is 22.9 Å². The lowest BCUT2D eigenvalue weighted by Crippen LogP contribution is -2.41. The number of carbonyl (C=O) groups excluding carboxylic acids is 1. The van der Waals surface area contributed by atoms with Gasteiger partial charge in [-0.2, -0.15) is 0 Å². The number of non-ortho nitro benzene ring substituents is 1. The van der Waals surface area contributed by atoms with Gasteiger partial charge in [0.2, 0.25) is 5.91 Å². The molecule has 33 heavy (non-hydrogen) atoms. The number of anilines is 1. The van der Waals surface area contributed by atoms with Crippen molar-refractivity contribution in [2.24, 2.45) is 0 Å². The monoisotopic (exact) mass is 469 g/mol. The van der Waals surface area contributed by atoms with Crippen molar-refractivity contribution in [2.75, 3.05) is 24.5 Å². The Labute approximate surface area is 191 Å². The number of sulfonamides is 1. The molecule has 0 aliphatic rings. The molecular weight excluding hydrogens is 446 g/mol. The number of hydrogen-bond acceptors (Lipinski definition) is 6. The number of methoxy groups -OCH3 is 1. The van der Waals surface area contributed by atoms with E-state index in [0.717, 1.165) is 21.7 Å². The van der Waals surface area contributed by atoms with Crippen LogP contribution in [0, 0.1) is 10.1 Å². The van der Waals surface area contributed by atoms with Gasteiger partial charge in [0.05, 0.1) is 22.6 Å². The Morgan fingerprint density at radius 2 is 1.73 bits per heavy atom. The molecule has 3 aromatic carbocycles. The van der Waals surface area contributed by atoms with Crippen LogP contribution < -0.4 is 14.4 Å². The average Bonchev–Trinajstić information content (AvgIpc) is 2.83. The molecule has 1 amide bonds. The number of nitro benzene ring substituents is 1. The summed E-state index contributed by atoms with van der Waals surface area (Å²) >= 11 is 0. The van der Waals surface area contributed by atoms with Crippen LogP contribution in [0.4, 0.5) is 11.4 Å². The zero-order valence-electron chi connectivity index (χ0n) is 17.9. The van der Waals surface area contributed by atoms with Crippen molar-refractivity contribution >= 4 is 27.3 Å². The van der Waals surface area contributed by atoms with E-state index in [2.05, 4.69) is 5.32 Å². The van der Waals surface area contributed by atoms with Gasteiger partial charge in [-0.15, -0.1) is 0 Å². The van der Waals surface area contributed by atoms with E-state index in [4.69, 9.17) is 4.74 Å². The van der Waals surface area contributed by atoms with Crippen LogP contribution in [0.5, 0.6) is 5.75 Å². The zero-order valence-corrected chi connectivity index (χ0v) is 18.7. The molecule has 0 atom stereocenters. The predicted molar refractivity (Wildman–Crippen MR) is 124 cm³/mol. The number of hydrogen-bond donors (Lipinski definition) is 1. The summed E-state index contributed by atoms with van der Waals surface area (Å²) in [5.41, 5.74) is 0.725. The molecule has 0 spiro atoms. The van der Waals surface area contributed by atoms with Gasteiger partial charge >= 0.3 is 0 Å². The topological polar surface area (TPSA) is 119 Å². The molecular formula is C23H23N3O6S. The van der Waals surface area contributed by atoms with Gasteiger partial charge in [-0.05, 0) is 42.3 Å². The van der Waals surface area contributed by atoms with Crippen molar-refractivity contribution in [2.45, 2.75) is 11.3 Å². The molecule has 0 fully saturated rings. The maximum Gasteiger partial charge on any atom is 0.271 e. The molecule has 0 aliphatic heterocycles. The second-order valence-electron chi connectivity index (χ2n) is 7.05. The summed E-state index contributed by atoms with van der Waals surface area (Å²) < 4.78 is 32.5. The zero-order chi connectivity index (χ0) is 23.8. The van der Waals surface area contributed by atoms with E-state index < -0.39 is 27.4 Å². The molecule has 3 rings (SSSR count). The summed E-state index contributed by atoms with van der Waals surface area (Å²) in [5.74, 6) is 0.191. The van der Waals surface area contributed by atoms with Gasteiger partial charge in [0.1, 0.15) is 12.3 Å². The van der Waals surface area contributed by atoms with Gasteiger partial charge in [0, 0.05) is 18.7 Å². The molecule has 172 valence electrons. The molecule has 9 nitrogen and oxygen atoms in total. The Balaban J connectivity index is 1.78. The Morgan fingerprint density at radius 1 is 1.03 bits per heavy atom. The van der Waals surface area contributed by atoms with E-state index in [0.29, 0.717) is 13.0 Å². The van der Waals surface area contributed by atoms with E-state index in [1.54, 1.807) is 25.3 Å². The highest BCUT2D eigenvalue weighted by Crippen LogP contribution is 2.26. The van der Waals surface area contributed by atoms with Crippen LogP contribution >= 0.6 is 0 Å². The van der Waals surface area contributed by atoms with E-state index in [1.807, 2.05) is 24.3 Å². The quantitative estimate of drug-likeness (QED) is 0.360. The predicted octanol–water partition coefficient (Wildman–Crippen LogP) is 3.16. The van der Waals surface area contributed by atoms with Crippen molar-refractivity contribution in [3.8, 4) is 5.75 Å². The SMILES string of the molecule is COc1ccc(CCNC(=O)CN(c2cccc([N+](=O)[O-])c2)S(=O)(=O)c2ccccc2)cc1. The lowest BCUT2D eigenvalue weighted by atomic mass is 10.1. The highest BCUT2D eigenvalue weighted by molar-refractivity contribution is 7.92. The first-order valence-corrected chi connectivity index (χ1v) is 11.5. The Kier molecular flexibility index (Phi) is 7.62. The van der Waals surface area contributed by atoms with Gasteiger partial charge in [0.25, 0.3) is 15.7 Å².